The molecule has 0 saturated heterocycles. The van der Waals surface area contributed by atoms with Crippen molar-refractivity contribution >= 4 is 27.5 Å². The molecule has 1 nitrogen and oxygen atoms in total. The summed E-state index contributed by atoms with van der Waals surface area (Å²) in [6, 6.07) is 2.18. The van der Waals surface area contributed by atoms with Crippen molar-refractivity contribution in [1.82, 2.24) is 4.37 Å². The molecule has 2 unspecified atom stereocenters. The van der Waals surface area contributed by atoms with E-state index in [2.05, 4.69) is 26.4 Å². The number of aromatic nitrogens is 1. The fourth-order valence-electron chi connectivity index (χ4n) is 2.00. The monoisotopic (exact) mass is 259 g/mol. The van der Waals surface area contributed by atoms with E-state index in [1.807, 2.05) is 6.20 Å². The topological polar surface area (TPSA) is 12.9 Å². The first-order valence-electron chi connectivity index (χ1n) is 4.92. The Bertz CT molecular complexity index is 247. The lowest BCUT2D eigenvalue weighted by Crippen LogP contribution is -2.08. The zero-order chi connectivity index (χ0) is 9.10. The molecule has 0 radical (unpaired) electrons. The molecule has 1 aromatic heterocycles. The molecule has 3 heteroatoms. The summed E-state index contributed by atoms with van der Waals surface area (Å²) in [4.78, 5) is 2.14. The van der Waals surface area contributed by atoms with Gasteiger partial charge >= 0.3 is 0 Å². The summed E-state index contributed by atoms with van der Waals surface area (Å²) in [7, 11) is 0. The van der Waals surface area contributed by atoms with Crippen LogP contribution >= 0.6 is 27.5 Å². The molecule has 0 spiro atoms. The fraction of sp³-hybridized carbons (Fsp3) is 0.700. The second-order valence-corrected chi connectivity index (χ2v) is 5.72. The van der Waals surface area contributed by atoms with Crippen molar-refractivity contribution in [1.29, 1.82) is 0 Å². The highest BCUT2D eigenvalue weighted by Crippen LogP contribution is 2.37. The molecular weight excluding hydrogens is 246 g/mol. The molecule has 0 N–H and O–H groups in total. The summed E-state index contributed by atoms with van der Waals surface area (Å²) in [5, 5.41) is 0. The minimum atomic E-state index is 0.676. The van der Waals surface area contributed by atoms with Gasteiger partial charge in [-0.2, -0.15) is 0 Å². The van der Waals surface area contributed by atoms with Gasteiger partial charge in [0.1, 0.15) is 0 Å². The van der Waals surface area contributed by atoms with Crippen molar-refractivity contribution in [3.05, 3.63) is 17.1 Å². The quantitative estimate of drug-likeness (QED) is 0.550. The van der Waals surface area contributed by atoms with Gasteiger partial charge in [0, 0.05) is 21.8 Å². The first-order chi connectivity index (χ1) is 6.38. The van der Waals surface area contributed by atoms with Crippen LogP contribution in [0.5, 0.6) is 0 Å². The zero-order valence-electron chi connectivity index (χ0n) is 7.58. The van der Waals surface area contributed by atoms with Gasteiger partial charge in [-0.05, 0) is 30.4 Å². The molecule has 2 rings (SSSR count). The van der Waals surface area contributed by atoms with Gasteiger partial charge in [-0.3, -0.25) is 0 Å². The maximum atomic E-state index is 4.18. The first-order valence-corrected chi connectivity index (χ1v) is 6.61. The van der Waals surface area contributed by atoms with E-state index in [1.165, 1.54) is 37.0 Å². The number of rotatable bonds is 1. The first kappa shape index (κ1) is 9.66. The molecule has 1 heterocycles. The molecule has 2 atom stereocenters. The molecule has 1 fully saturated rings. The molecule has 0 aromatic carbocycles. The SMILES string of the molecule is BrC1CCCCCC1c1ccns1. The smallest absolute Gasteiger partial charge is 0.0409 e. The van der Waals surface area contributed by atoms with Gasteiger partial charge in [0.15, 0.2) is 0 Å². The Kier molecular flexibility index (Phi) is 3.39. The van der Waals surface area contributed by atoms with Crippen LogP contribution in [0, 0.1) is 0 Å². The molecule has 1 saturated carbocycles. The van der Waals surface area contributed by atoms with Crippen molar-refractivity contribution in [2.75, 3.05) is 0 Å². The third kappa shape index (κ3) is 2.32. The molecule has 13 heavy (non-hydrogen) atoms. The van der Waals surface area contributed by atoms with Gasteiger partial charge < -0.3 is 0 Å². The summed E-state index contributed by atoms with van der Waals surface area (Å²) >= 11 is 5.47. The van der Waals surface area contributed by atoms with E-state index < -0.39 is 0 Å². The normalized spacial score (nSPS) is 29.9. The van der Waals surface area contributed by atoms with Crippen LogP contribution < -0.4 is 0 Å². The van der Waals surface area contributed by atoms with Gasteiger partial charge in [0.05, 0.1) is 0 Å². The zero-order valence-corrected chi connectivity index (χ0v) is 9.98. The standard InChI is InChI=1S/C10H14BrNS/c11-9-5-3-1-2-4-8(9)10-6-7-12-13-10/h6-9H,1-5H2. The summed E-state index contributed by atoms with van der Waals surface area (Å²) in [5.74, 6) is 0.718. The number of hydrogen-bond donors (Lipinski definition) is 0. The minimum absolute atomic E-state index is 0.676. The molecule has 0 bridgehead atoms. The lowest BCUT2D eigenvalue weighted by atomic mass is 9.99. The Labute approximate surface area is 91.8 Å². The largest absolute Gasteiger partial charge is 0.201 e. The van der Waals surface area contributed by atoms with Crippen LogP contribution in [0.2, 0.25) is 0 Å². The molecule has 1 aliphatic rings. The highest BCUT2D eigenvalue weighted by Gasteiger charge is 2.23. The number of nitrogens with zero attached hydrogens (tertiary/aromatic N) is 1. The van der Waals surface area contributed by atoms with Crippen LogP contribution in [-0.2, 0) is 0 Å². The average Bonchev–Trinajstić information content (AvgIpc) is 2.56. The van der Waals surface area contributed by atoms with Gasteiger partial charge in [-0.1, -0.05) is 35.2 Å². The van der Waals surface area contributed by atoms with E-state index in [0.717, 1.165) is 5.92 Å². The van der Waals surface area contributed by atoms with E-state index in [4.69, 9.17) is 0 Å². The van der Waals surface area contributed by atoms with Crippen LogP contribution in [0.4, 0.5) is 0 Å². The lowest BCUT2D eigenvalue weighted by molar-refractivity contribution is 0.622. The van der Waals surface area contributed by atoms with E-state index >= 15 is 0 Å². The molecule has 1 aromatic rings. The fourth-order valence-corrected chi connectivity index (χ4v) is 3.83. The molecule has 0 aliphatic heterocycles. The summed E-state index contributed by atoms with van der Waals surface area (Å²) in [6.45, 7) is 0. The Hall–Kier alpha value is 0.110. The van der Waals surface area contributed by atoms with Crippen molar-refractivity contribution in [3.63, 3.8) is 0 Å². The highest BCUT2D eigenvalue weighted by molar-refractivity contribution is 9.09. The van der Waals surface area contributed by atoms with Gasteiger partial charge in [0.25, 0.3) is 0 Å². The van der Waals surface area contributed by atoms with Crippen LogP contribution in [0.15, 0.2) is 12.3 Å². The maximum absolute atomic E-state index is 4.18. The van der Waals surface area contributed by atoms with Crippen molar-refractivity contribution < 1.29 is 0 Å². The van der Waals surface area contributed by atoms with E-state index in [1.54, 1.807) is 11.5 Å². The summed E-state index contributed by atoms with van der Waals surface area (Å²) < 4.78 is 4.18. The van der Waals surface area contributed by atoms with Crippen molar-refractivity contribution in [2.45, 2.75) is 42.8 Å². The maximum Gasteiger partial charge on any atom is 0.0409 e. The van der Waals surface area contributed by atoms with Gasteiger partial charge in [-0.15, -0.1) is 0 Å². The Morgan fingerprint density at radius 1 is 1.31 bits per heavy atom. The highest BCUT2D eigenvalue weighted by atomic mass is 79.9. The van der Waals surface area contributed by atoms with E-state index in [-0.39, 0.29) is 0 Å². The molecule has 0 amide bonds. The van der Waals surface area contributed by atoms with E-state index in [0.29, 0.717) is 4.83 Å². The van der Waals surface area contributed by atoms with Crippen molar-refractivity contribution in [3.8, 4) is 0 Å². The third-order valence-corrected chi connectivity index (χ3v) is 4.73. The van der Waals surface area contributed by atoms with Crippen LogP contribution in [0.1, 0.15) is 42.9 Å². The summed E-state index contributed by atoms with van der Waals surface area (Å²) in [5.41, 5.74) is 0. The number of hydrogen-bond acceptors (Lipinski definition) is 2. The third-order valence-electron chi connectivity index (χ3n) is 2.75. The second-order valence-electron chi connectivity index (χ2n) is 3.68. The predicted octanol–water partition coefficient (Wildman–Crippen LogP) is 3.95. The Balaban J connectivity index is 2.11. The van der Waals surface area contributed by atoms with Gasteiger partial charge in [-0.25, -0.2) is 4.37 Å². The Morgan fingerprint density at radius 3 is 2.92 bits per heavy atom. The van der Waals surface area contributed by atoms with E-state index in [9.17, 15) is 0 Å². The summed E-state index contributed by atoms with van der Waals surface area (Å²) in [6.07, 6.45) is 8.73. The van der Waals surface area contributed by atoms with Crippen molar-refractivity contribution in [2.24, 2.45) is 0 Å². The van der Waals surface area contributed by atoms with Crippen LogP contribution in [0.25, 0.3) is 0 Å². The predicted molar refractivity (Wildman–Crippen MR) is 60.7 cm³/mol. The Morgan fingerprint density at radius 2 is 2.15 bits per heavy atom. The van der Waals surface area contributed by atoms with Crippen LogP contribution in [-0.4, -0.2) is 9.20 Å². The molecular formula is C10H14BrNS. The average molecular weight is 260 g/mol. The lowest BCUT2D eigenvalue weighted by Gasteiger charge is -2.17. The van der Waals surface area contributed by atoms with Gasteiger partial charge in [0.2, 0.25) is 0 Å². The molecule has 1 aliphatic carbocycles. The second kappa shape index (κ2) is 4.56. The van der Waals surface area contributed by atoms with Crippen LogP contribution in [0.3, 0.4) is 0 Å². The number of halogens is 1. The molecule has 72 valence electrons. The number of alkyl halides is 1. The minimum Gasteiger partial charge on any atom is -0.201 e.